The fourth-order valence-electron chi connectivity index (χ4n) is 2.53. The maximum absolute atomic E-state index is 12.1. The van der Waals surface area contributed by atoms with Crippen molar-refractivity contribution >= 4 is 17.5 Å². The van der Waals surface area contributed by atoms with Gasteiger partial charge in [-0.15, -0.1) is 0 Å². The fourth-order valence-corrected chi connectivity index (χ4v) is 2.53. The number of carbonyl (C=O) groups is 2. The second-order valence-corrected chi connectivity index (χ2v) is 6.09. The van der Waals surface area contributed by atoms with Gasteiger partial charge in [-0.1, -0.05) is 6.07 Å². The van der Waals surface area contributed by atoms with Crippen molar-refractivity contribution in [2.24, 2.45) is 0 Å². The molecule has 2 heterocycles. The number of nitrogens with zero attached hydrogens (tertiary/aromatic N) is 2. The van der Waals surface area contributed by atoms with Gasteiger partial charge >= 0.3 is 5.97 Å². The first-order chi connectivity index (χ1) is 13.5. The average molecular weight is 381 g/mol. The van der Waals surface area contributed by atoms with Crippen molar-refractivity contribution in [1.82, 2.24) is 14.7 Å². The fraction of sp³-hybridized carbons (Fsp3) is 0.200. The number of ether oxygens (including phenoxy) is 2. The normalized spacial score (nSPS) is 10.5. The molecule has 0 atom stereocenters. The van der Waals surface area contributed by atoms with Gasteiger partial charge in [0.25, 0.3) is 11.5 Å². The summed E-state index contributed by atoms with van der Waals surface area (Å²) in [5.41, 5.74) is 1.88. The summed E-state index contributed by atoms with van der Waals surface area (Å²) in [6.07, 6.45) is 1.69. The van der Waals surface area contributed by atoms with Crippen molar-refractivity contribution in [2.45, 2.75) is 13.5 Å². The number of amides is 1. The number of methoxy groups -OCH3 is 1. The van der Waals surface area contributed by atoms with E-state index in [0.29, 0.717) is 22.7 Å². The molecule has 0 radical (unpaired) electrons. The minimum atomic E-state index is -0.632. The maximum Gasteiger partial charge on any atom is 0.325 e. The third-order valence-electron chi connectivity index (χ3n) is 3.99. The van der Waals surface area contributed by atoms with E-state index < -0.39 is 11.9 Å². The lowest BCUT2D eigenvalue weighted by molar-refractivity contribution is -0.143. The number of pyridine rings is 1. The van der Waals surface area contributed by atoms with Gasteiger partial charge in [-0.2, -0.15) is 0 Å². The Labute approximate surface area is 160 Å². The number of rotatable bonds is 6. The quantitative estimate of drug-likeness (QED) is 0.650. The van der Waals surface area contributed by atoms with E-state index in [1.54, 1.807) is 36.5 Å². The Morgan fingerprint density at radius 3 is 2.61 bits per heavy atom. The highest BCUT2D eigenvalue weighted by Crippen LogP contribution is 2.11. The van der Waals surface area contributed by atoms with Crippen LogP contribution in [0.4, 0.5) is 0 Å². The van der Waals surface area contributed by atoms with Gasteiger partial charge in [-0.3, -0.25) is 18.8 Å². The smallest absolute Gasteiger partial charge is 0.325 e. The molecule has 1 aromatic carbocycles. The van der Waals surface area contributed by atoms with Gasteiger partial charge in [-0.05, 0) is 42.8 Å². The first-order valence-electron chi connectivity index (χ1n) is 8.53. The molecule has 0 saturated heterocycles. The zero-order chi connectivity index (χ0) is 20.1. The molecule has 0 fully saturated rings. The number of aromatic nitrogens is 2. The van der Waals surface area contributed by atoms with Gasteiger partial charge in [0.1, 0.15) is 24.5 Å². The summed E-state index contributed by atoms with van der Waals surface area (Å²) in [7, 11) is 1.53. The van der Waals surface area contributed by atoms with Crippen molar-refractivity contribution in [2.75, 3.05) is 13.7 Å². The highest BCUT2D eigenvalue weighted by Gasteiger charge is 2.10. The van der Waals surface area contributed by atoms with Crippen molar-refractivity contribution < 1.29 is 19.1 Å². The van der Waals surface area contributed by atoms with E-state index in [1.165, 1.54) is 17.6 Å². The second-order valence-electron chi connectivity index (χ2n) is 6.09. The van der Waals surface area contributed by atoms with Crippen LogP contribution in [0, 0.1) is 6.92 Å². The number of fused-ring (bicyclic) bond motifs is 1. The summed E-state index contributed by atoms with van der Waals surface area (Å²) in [5, 5.41) is 2.48. The molecule has 0 aliphatic rings. The second kappa shape index (κ2) is 8.34. The average Bonchev–Trinajstić information content (AvgIpc) is 2.71. The molecule has 3 aromatic rings. The van der Waals surface area contributed by atoms with Gasteiger partial charge in [0.2, 0.25) is 0 Å². The van der Waals surface area contributed by atoms with E-state index in [4.69, 9.17) is 9.47 Å². The van der Waals surface area contributed by atoms with E-state index in [1.807, 2.05) is 13.0 Å². The lowest BCUT2D eigenvalue weighted by Gasteiger charge is -2.08. The highest BCUT2D eigenvalue weighted by molar-refractivity contribution is 5.96. The number of nitrogens with one attached hydrogen (secondary N) is 1. The lowest BCUT2D eigenvalue weighted by Crippen LogP contribution is -2.30. The predicted molar refractivity (Wildman–Crippen MR) is 101 cm³/mol. The summed E-state index contributed by atoms with van der Waals surface area (Å²) in [4.78, 5) is 40.3. The van der Waals surface area contributed by atoms with E-state index in [0.717, 1.165) is 5.56 Å². The standard InChI is InChI=1S/C20H19N3O5/c1-13-3-8-17-22-15(9-18(24)23(17)11-13)12-28-19(25)10-21-20(26)14-4-6-16(27-2)7-5-14/h3-9,11H,10,12H2,1-2H3,(H,21,26). The Morgan fingerprint density at radius 2 is 1.89 bits per heavy atom. The number of benzene rings is 1. The van der Waals surface area contributed by atoms with Crippen LogP contribution in [0.5, 0.6) is 5.75 Å². The number of hydrogen-bond donors (Lipinski definition) is 1. The molecule has 1 N–H and O–H groups in total. The van der Waals surface area contributed by atoms with Crippen LogP contribution in [0.2, 0.25) is 0 Å². The minimum Gasteiger partial charge on any atom is -0.497 e. The summed E-state index contributed by atoms with van der Waals surface area (Å²) >= 11 is 0. The number of hydrogen-bond acceptors (Lipinski definition) is 6. The van der Waals surface area contributed by atoms with Crippen molar-refractivity contribution in [3.05, 3.63) is 75.8 Å². The number of aryl methyl sites for hydroxylation is 1. The Kier molecular flexibility index (Phi) is 5.69. The number of esters is 1. The van der Waals surface area contributed by atoms with Crippen LogP contribution in [0.3, 0.4) is 0 Å². The first-order valence-corrected chi connectivity index (χ1v) is 8.53. The van der Waals surface area contributed by atoms with Crippen LogP contribution >= 0.6 is 0 Å². The topological polar surface area (TPSA) is 99.0 Å². The van der Waals surface area contributed by atoms with E-state index in [2.05, 4.69) is 10.3 Å². The molecule has 0 spiro atoms. The molecular weight excluding hydrogens is 362 g/mol. The first kappa shape index (κ1) is 19.1. The molecular formula is C20H19N3O5. The summed E-state index contributed by atoms with van der Waals surface area (Å²) < 4.78 is 11.5. The van der Waals surface area contributed by atoms with E-state index in [-0.39, 0.29) is 18.7 Å². The monoisotopic (exact) mass is 381 g/mol. The minimum absolute atomic E-state index is 0.156. The molecule has 0 aliphatic heterocycles. The van der Waals surface area contributed by atoms with Crippen molar-refractivity contribution in [1.29, 1.82) is 0 Å². The van der Waals surface area contributed by atoms with Crippen LogP contribution in [0.15, 0.2) is 53.5 Å². The van der Waals surface area contributed by atoms with Gasteiger partial charge in [0, 0.05) is 17.8 Å². The van der Waals surface area contributed by atoms with Crippen LogP contribution in [0.25, 0.3) is 5.65 Å². The zero-order valence-corrected chi connectivity index (χ0v) is 15.5. The molecule has 0 saturated carbocycles. The molecule has 0 bridgehead atoms. The van der Waals surface area contributed by atoms with Gasteiger partial charge < -0.3 is 14.8 Å². The van der Waals surface area contributed by atoms with Crippen LogP contribution < -0.4 is 15.6 Å². The molecule has 0 aliphatic carbocycles. The Bertz CT molecular complexity index is 1070. The third kappa shape index (κ3) is 4.53. The maximum atomic E-state index is 12.1. The van der Waals surface area contributed by atoms with Crippen molar-refractivity contribution in [3.8, 4) is 5.75 Å². The largest absolute Gasteiger partial charge is 0.497 e. The van der Waals surface area contributed by atoms with Crippen molar-refractivity contribution in [3.63, 3.8) is 0 Å². The van der Waals surface area contributed by atoms with Gasteiger partial charge in [-0.25, -0.2) is 4.98 Å². The van der Waals surface area contributed by atoms with Crippen LogP contribution in [-0.2, 0) is 16.1 Å². The molecule has 8 heteroatoms. The molecule has 2 aromatic heterocycles. The molecule has 1 amide bonds. The van der Waals surface area contributed by atoms with Crippen LogP contribution in [-0.4, -0.2) is 34.9 Å². The molecule has 8 nitrogen and oxygen atoms in total. The van der Waals surface area contributed by atoms with E-state index >= 15 is 0 Å². The zero-order valence-electron chi connectivity index (χ0n) is 15.5. The Balaban J connectivity index is 1.55. The SMILES string of the molecule is COc1ccc(C(=O)NCC(=O)OCc2cc(=O)n3cc(C)ccc3n2)cc1. The Morgan fingerprint density at radius 1 is 1.14 bits per heavy atom. The molecule has 3 rings (SSSR count). The summed E-state index contributed by atoms with van der Waals surface area (Å²) in [5.74, 6) is -0.408. The van der Waals surface area contributed by atoms with Gasteiger partial charge in [0.15, 0.2) is 0 Å². The van der Waals surface area contributed by atoms with Crippen LogP contribution in [0.1, 0.15) is 21.6 Å². The molecule has 28 heavy (non-hydrogen) atoms. The van der Waals surface area contributed by atoms with Gasteiger partial charge in [0.05, 0.1) is 12.8 Å². The summed E-state index contributed by atoms with van der Waals surface area (Å²) in [6.45, 7) is 1.43. The molecule has 144 valence electrons. The number of carbonyl (C=O) groups excluding carboxylic acids is 2. The Hall–Kier alpha value is -3.68. The lowest BCUT2D eigenvalue weighted by atomic mass is 10.2. The predicted octanol–water partition coefficient (Wildman–Crippen LogP) is 1.48. The van der Waals surface area contributed by atoms with E-state index in [9.17, 15) is 14.4 Å². The highest BCUT2D eigenvalue weighted by atomic mass is 16.5. The third-order valence-corrected chi connectivity index (χ3v) is 3.99. The summed E-state index contributed by atoms with van der Waals surface area (Å²) in [6, 6.07) is 11.4. The molecule has 0 unspecified atom stereocenters.